The molecule has 2 aliphatic heterocycles. The molecule has 2 saturated heterocycles. The first-order chi connectivity index (χ1) is 12.5. The molecule has 3 rings (SSSR count). The van der Waals surface area contributed by atoms with Gasteiger partial charge in [-0.15, -0.1) is 0 Å². The molecule has 0 aliphatic carbocycles. The van der Waals surface area contributed by atoms with E-state index >= 15 is 0 Å². The van der Waals surface area contributed by atoms with Crippen molar-refractivity contribution in [2.45, 2.75) is 13.0 Å². The fraction of sp³-hybridized carbons (Fsp3) is 0.556. The molecule has 26 heavy (non-hydrogen) atoms. The predicted octanol–water partition coefficient (Wildman–Crippen LogP) is 1.42. The molecule has 1 atom stereocenters. The molecule has 0 radical (unpaired) electrons. The van der Waals surface area contributed by atoms with E-state index in [1.54, 1.807) is 16.7 Å². The van der Waals surface area contributed by atoms with Gasteiger partial charge in [-0.2, -0.15) is 0 Å². The molecule has 2 aliphatic rings. The van der Waals surface area contributed by atoms with Gasteiger partial charge >= 0.3 is 6.03 Å². The van der Waals surface area contributed by atoms with E-state index < -0.39 is 6.04 Å². The third kappa shape index (κ3) is 4.59. The molecule has 0 aromatic heterocycles. The molecule has 1 unspecified atom stereocenters. The standard InChI is InChI=1S/C18H25ClN4O3/c1-14(17(24)22-9-11-26-12-10-22)20-18(25)23-7-5-21(6-8-23)16-4-2-3-15(19)13-16/h2-4,13-14H,5-12H2,1H3,(H,20,25). The summed E-state index contributed by atoms with van der Waals surface area (Å²) < 4.78 is 5.26. The number of urea groups is 1. The second kappa shape index (κ2) is 8.60. The molecule has 0 spiro atoms. The Kier molecular flexibility index (Phi) is 6.21. The number of ether oxygens (including phenoxy) is 1. The molecule has 142 valence electrons. The first-order valence-electron chi connectivity index (χ1n) is 8.97. The van der Waals surface area contributed by atoms with E-state index in [1.165, 1.54) is 0 Å². The molecule has 1 N–H and O–H groups in total. The maximum Gasteiger partial charge on any atom is 0.318 e. The van der Waals surface area contributed by atoms with Crippen molar-refractivity contribution in [3.05, 3.63) is 29.3 Å². The van der Waals surface area contributed by atoms with Crippen LogP contribution in [0.5, 0.6) is 0 Å². The number of nitrogens with zero attached hydrogens (tertiary/aromatic N) is 3. The van der Waals surface area contributed by atoms with Crippen molar-refractivity contribution in [2.75, 3.05) is 57.4 Å². The molecule has 2 fully saturated rings. The average Bonchev–Trinajstić information content (AvgIpc) is 2.68. The number of amides is 3. The first kappa shape index (κ1) is 18.8. The number of morpholine rings is 1. The highest BCUT2D eigenvalue weighted by Crippen LogP contribution is 2.20. The van der Waals surface area contributed by atoms with Crippen LogP contribution in [0.2, 0.25) is 5.02 Å². The maximum absolute atomic E-state index is 12.5. The zero-order chi connectivity index (χ0) is 18.5. The number of rotatable bonds is 3. The lowest BCUT2D eigenvalue weighted by molar-refractivity contribution is -0.136. The van der Waals surface area contributed by atoms with Gasteiger partial charge in [-0.25, -0.2) is 4.79 Å². The number of carbonyl (C=O) groups is 2. The van der Waals surface area contributed by atoms with Crippen molar-refractivity contribution in [3.8, 4) is 0 Å². The largest absolute Gasteiger partial charge is 0.378 e. The van der Waals surface area contributed by atoms with Crippen LogP contribution >= 0.6 is 11.6 Å². The summed E-state index contributed by atoms with van der Waals surface area (Å²) in [4.78, 5) is 30.6. The van der Waals surface area contributed by atoms with Gasteiger partial charge in [0.15, 0.2) is 0 Å². The summed E-state index contributed by atoms with van der Waals surface area (Å²) in [7, 11) is 0. The molecule has 3 amide bonds. The summed E-state index contributed by atoms with van der Waals surface area (Å²) in [6.07, 6.45) is 0. The highest BCUT2D eigenvalue weighted by atomic mass is 35.5. The Balaban J connectivity index is 1.48. The minimum absolute atomic E-state index is 0.0563. The highest BCUT2D eigenvalue weighted by molar-refractivity contribution is 6.30. The van der Waals surface area contributed by atoms with Gasteiger partial charge in [0.05, 0.1) is 13.2 Å². The summed E-state index contributed by atoms with van der Waals surface area (Å²) in [5, 5.41) is 3.53. The van der Waals surface area contributed by atoms with Gasteiger partial charge in [-0.1, -0.05) is 17.7 Å². The molecule has 0 saturated carbocycles. The normalized spacial score (nSPS) is 19.2. The molecule has 1 aromatic carbocycles. The fourth-order valence-electron chi connectivity index (χ4n) is 3.24. The van der Waals surface area contributed by atoms with Crippen molar-refractivity contribution >= 4 is 29.2 Å². The van der Waals surface area contributed by atoms with Crippen molar-refractivity contribution in [1.82, 2.24) is 15.1 Å². The number of halogens is 1. The number of hydrogen-bond acceptors (Lipinski definition) is 4. The Morgan fingerprint density at radius 2 is 1.77 bits per heavy atom. The number of piperazine rings is 1. The van der Waals surface area contributed by atoms with Gasteiger partial charge in [0.2, 0.25) is 5.91 Å². The van der Waals surface area contributed by atoms with Crippen LogP contribution in [0.4, 0.5) is 10.5 Å². The Morgan fingerprint density at radius 1 is 1.08 bits per heavy atom. The monoisotopic (exact) mass is 380 g/mol. The van der Waals surface area contributed by atoms with Crippen molar-refractivity contribution in [2.24, 2.45) is 0 Å². The zero-order valence-electron chi connectivity index (χ0n) is 15.0. The molecule has 0 bridgehead atoms. The molecule has 2 heterocycles. The lowest BCUT2D eigenvalue weighted by atomic mass is 10.2. The minimum atomic E-state index is -0.536. The Bertz CT molecular complexity index is 643. The summed E-state index contributed by atoms with van der Waals surface area (Å²) in [5.74, 6) is -0.0563. The quantitative estimate of drug-likeness (QED) is 0.861. The van der Waals surface area contributed by atoms with Gasteiger partial charge in [0.1, 0.15) is 6.04 Å². The van der Waals surface area contributed by atoms with E-state index in [2.05, 4.69) is 10.2 Å². The van der Waals surface area contributed by atoms with Crippen molar-refractivity contribution < 1.29 is 14.3 Å². The van der Waals surface area contributed by atoms with Crippen LogP contribution in [0.3, 0.4) is 0 Å². The van der Waals surface area contributed by atoms with Crippen LogP contribution in [0.25, 0.3) is 0 Å². The first-order valence-corrected chi connectivity index (χ1v) is 9.35. The Hall–Kier alpha value is -1.99. The smallest absolute Gasteiger partial charge is 0.318 e. The average molecular weight is 381 g/mol. The van der Waals surface area contributed by atoms with E-state index in [0.717, 1.165) is 18.8 Å². The SMILES string of the molecule is CC(NC(=O)N1CCN(c2cccc(Cl)c2)CC1)C(=O)N1CCOCC1. The van der Waals surface area contributed by atoms with E-state index in [0.29, 0.717) is 44.4 Å². The van der Waals surface area contributed by atoms with Crippen molar-refractivity contribution in [1.29, 1.82) is 0 Å². The highest BCUT2D eigenvalue weighted by Gasteiger charge is 2.27. The van der Waals surface area contributed by atoms with Crippen LogP contribution in [0, 0.1) is 0 Å². The zero-order valence-corrected chi connectivity index (χ0v) is 15.7. The van der Waals surface area contributed by atoms with E-state index in [9.17, 15) is 9.59 Å². The fourth-order valence-corrected chi connectivity index (χ4v) is 3.42. The van der Waals surface area contributed by atoms with Crippen LogP contribution in [0.1, 0.15) is 6.92 Å². The summed E-state index contributed by atoms with van der Waals surface area (Å²) >= 11 is 6.05. The lowest BCUT2D eigenvalue weighted by Crippen LogP contribution is -2.56. The van der Waals surface area contributed by atoms with Gasteiger partial charge in [0.25, 0.3) is 0 Å². The number of carbonyl (C=O) groups excluding carboxylic acids is 2. The molecular weight excluding hydrogens is 356 g/mol. The van der Waals surface area contributed by atoms with E-state index in [4.69, 9.17) is 16.3 Å². The second-order valence-corrected chi connectivity index (χ2v) is 7.00. The van der Waals surface area contributed by atoms with Gasteiger partial charge in [0, 0.05) is 50.0 Å². The van der Waals surface area contributed by atoms with Gasteiger partial charge in [-0.05, 0) is 25.1 Å². The molecular formula is C18H25ClN4O3. The third-order valence-electron chi connectivity index (χ3n) is 4.77. The van der Waals surface area contributed by atoms with Crippen LogP contribution in [-0.4, -0.2) is 80.3 Å². The number of nitrogens with one attached hydrogen (secondary N) is 1. The maximum atomic E-state index is 12.5. The molecule has 7 nitrogen and oxygen atoms in total. The Labute approximate surface area is 158 Å². The molecule has 8 heteroatoms. The van der Waals surface area contributed by atoms with Crippen LogP contribution < -0.4 is 10.2 Å². The topological polar surface area (TPSA) is 65.1 Å². The van der Waals surface area contributed by atoms with Gasteiger partial charge in [-0.3, -0.25) is 4.79 Å². The summed E-state index contributed by atoms with van der Waals surface area (Å²) in [5.41, 5.74) is 1.06. The Morgan fingerprint density at radius 3 is 2.42 bits per heavy atom. The van der Waals surface area contributed by atoms with Gasteiger partial charge < -0.3 is 24.8 Å². The van der Waals surface area contributed by atoms with Crippen LogP contribution in [-0.2, 0) is 9.53 Å². The number of anilines is 1. The van der Waals surface area contributed by atoms with E-state index in [1.807, 2.05) is 24.3 Å². The minimum Gasteiger partial charge on any atom is -0.378 e. The second-order valence-electron chi connectivity index (χ2n) is 6.56. The van der Waals surface area contributed by atoms with Crippen molar-refractivity contribution in [3.63, 3.8) is 0 Å². The number of benzene rings is 1. The number of hydrogen-bond donors (Lipinski definition) is 1. The van der Waals surface area contributed by atoms with Crippen LogP contribution in [0.15, 0.2) is 24.3 Å². The molecule has 1 aromatic rings. The summed E-state index contributed by atoms with van der Waals surface area (Å²) in [6.45, 7) is 6.69. The predicted molar refractivity (Wildman–Crippen MR) is 101 cm³/mol. The third-order valence-corrected chi connectivity index (χ3v) is 5.01. The van der Waals surface area contributed by atoms with E-state index in [-0.39, 0.29) is 11.9 Å². The lowest BCUT2D eigenvalue weighted by Gasteiger charge is -2.37. The summed E-state index contributed by atoms with van der Waals surface area (Å²) in [6, 6.07) is 7.00.